The van der Waals surface area contributed by atoms with Gasteiger partial charge < -0.3 is 11.1 Å². The Labute approximate surface area is 97.5 Å². The van der Waals surface area contributed by atoms with E-state index in [-0.39, 0.29) is 11.9 Å². The van der Waals surface area contributed by atoms with Gasteiger partial charge in [0.2, 0.25) is 0 Å². The Balaban J connectivity index is 2.45. The van der Waals surface area contributed by atoms with Crippen LogP contribution in [-0.4, -0.2) is 16.9 Å². The molecule has 5 heteroatoms. The second-order valence-corrected chi connectivity index (χ2v) is 4.88. The maximum atomic E-state index is 11.8. The van der Waals surface area contributed by atoms with Crippen LogP contribution in [0.3, 0.4) is 0 Å². The van der Waals surface area contributed by atoms with E-state index in [4.69, 9.17) is 5.73 Å². The Morgan fingerprint density at radius 2 is 2.31 bits per heavy atom. The number of amides is 1. The minimum absolute atomic E-state index is 0.102. The van der Waals surface area contributed by atoms with E-state index in [0.717, 1.165) is 4.70 Å². The molecule has 2 rings (SSSR count). The minimum Gasteiger partial charge on any atom is -0.396 e. The average Bonchev–Trinajstić information content (AvgIpc) is 2.56. The van der Waals surface area contributed by atoms with E-state index in [0.29, 0.717) is 16.1 Å². The lowest BCUT2D eigenvalue weighted by atomic mass is 10.3. The molecule has 0 aromatic carbocycles. The first-order chi connectivity index (χ1) is 7.59. The summed E-state index contributed by atoms with van der Waals surface area (Å²) >= 11 is 1.37. The molecule has 2 aromatic rings. The van der Waals surface area contributed by atoms with E-state index in [1.54, 1.807) is 6.20 Å². The smallest absolute Gasteiger partial charge is 0.263 e. The number of carbonyl (C=O) groups excluding carboxylic acids is 1. The summed E-state index contributed by atoms with van der Waals surface area (Å²) in [6.45, 7) is 3.83. The van der Waals surface area contributed by atoms with E-state index in [1.165, 1.54) is 11.3 Å². The number of anilines is 1. The fraction of sp³-hybridized carbons (Fsp3) is 0.273. The Kier molecular flexibility index (Phi) is 2.78. The van der Waals surface area contributed by atoms with Gasteiger partial charge in [-0.15, -0.1) is 11.3 Å². The number of thiophene rings is 1. The highest BCUT2D eigenvalue weighted by Crippen LogP contribution is 2.31. The number of rotatable bonds is 2. The maximum Gasteiger partial charge on any atom is 0.263 e. The van der Waals surface area contributed by atoms with Crippen molar-refractivity contribution in [2.75, 3.05) is 5.73 Å². The summed E-state index contributed by atoms with van der Waals surface area (Å²) in [4.78, 5) is 16.5. The lowest BCUT2D eigenvalue weighted by molar-refractivity contribution is 0.0948. The number of carbonyl (C=O) groups is 1. The van der Waals surface area contributed by atoms with E-state index in [2.05, 4.69) is 10.3 Å². The first-order valence-electron chi connectivity index (χ1n) is 5.03. The minimum atomic E-state index is -0.129. The van der Waals surface area contributed by atoms with Gasteiger partial charge in [-0.3, -0.25) is 9.78 Å². The molecular weight excluding hydrogens is 222 g/mol. The summed E-state index contributed by atoms with van der Waals surface area (Å²) in [7, 11) is 0. The van der Waals surface area contributed by atoms with Gasteiger partial charge in [0.15, 0.2) is 0 Å². The van der Waals surface area contributed by atoms with Gasteiger partial charge in [-0.1, -0.05) is 0 Å². The third kappa shape index (κ3) is 1.86. The summed E-state index contributed by atoms with van der Waals surface area (Å²) in [5, 5.41) is 2.82. The highest BCUT2D eigenvalue weighted by atomic mass is 32.1. The highest BCUT2D eigenvalue weighted by Gasteiger charge is 2.17. The van der Waals surface area contributed by atoms with Crippen LogP contribution in [0.1, 0.15) is 23.5 Å². The van der Waals surface area contributed by atoms with E-state index in [1.807, 2.05) is 26.0 Å². The Bertz CT molecular complexity index is 533. The third-order valence-electron chi connectivity index (χ3n) is 2.11. The van der Waals surface area contributed by atoms with Crippen LogP contribution < -0.4 is 11.1 Å². The Morgan fingerprint density at radius 1 is 1.56 bits per heavy atom. The van der Waals surface area contributed by atoms with Crippen molar-refractivity contribution >= 4 is 33.1 Å². The van der Waals surface area contributed by atoms with Crippen molar-refractivity contribution in [1.82, 2.24) is 10.3 Å². The molecule has 0 aliphatic heterocycles. The number of nitrogens with two attached hydrogens (primary N) is 1. The van der Waals surface area contributed by atoms with Crippen molar-refractivity contribution in [1.29, 1.82) is 0 Å². The van der Waals surface area contributed by atoms with Crippen molar-refractivity contribution in [2.24, 2.45) is 0 Å². The average molecular weight is 235 g/mol. The summed E-state index contributed by atoms with van der Waals surface area (Å²) < 4.78 is 0.939. The number of nitrogens with one attached hydrogen (secondary N) is 1. The highest BCUT2D eigenvalue weighted by molar-refractivity contribution is 7.21. The van der Waals surface area contributed by atoms with Gasteiger partial charge in [0.25, 0.3) is 5.91 Å². The van der Waals surface area contributed by atoms with Crippen LogP contribution in [0.15, 0.2) is 18.3 Å². The van der Waals surface area contributed by atoms with Crippen LogP contribution in [-0.2, 0) is 0 Å². The second kappa shape index (κ2) is 4.09. The normalized spacial score (nSPS) is 10.9. The first kappa shape index (κ1) is 10.9. The van der Waals surface area contributed by atoms with Crippen molar-refractivity contribution in [3.63, 3.8) is 0 Å². The number of hydrogen-bond acceptors (Lipinski definition) is 4. The van der Waals surface area contributed by atoms with E-state index < -0.39 is 0 Å². The monoisotopic (exact) mass is 235 g/mol. The second-order valence-electron chi connectivity index (χ2n) is 3.82. The van der Waals surface area contributed by atoms with Crippen LogP contribution in [0.5, 0.6) is 0 Å². The van der Waals surface area contributed by atoms with Crippen LogP contribution in [0, 0.1) is 0 Å². The van der Waals surface area contributed by atoms with Crippen molar-refractivity contribution < 1.29 is 4.79 Å². The molecule has 4 nitrogen and oxygen atoms in total. The predicted molar refractivity (Wildman–Crippen MR) is 66.6 cm³/mol. The largest absolute Gasteiger partial charge is 0.396 e. The fourth-order valence-corrected chi connectivity index (χ4v) is 2.43. The van der Waals surface area contributed by atoms with Gasteiger partial charge in [-0.05, 0) is 26.0 Å². The summed E-state index contributed by atoms with van der Waals surface area (Å²) in [6.07, 6.45) is 1.68. The van der Waals surface area contributed by atoms with Crippen molar-refractivity contribution in [2.45, 2.75) is 19.9 Å². The van der Waals surface area contributed by atoms with Crippen LogP contribution in [0.2, 0.25) is 0 Å². The lowest BCUT2D eigenvalue weighted by Gasteiger charge is -2.06. The van der Waals surface area contributed by atoms with Crippen molar-refractivity contribution in [3.8, 4) is 0 Å². The number of hydrogen-bond donors (Lipinski definition) is 2. The molecule has 0 bridgehead atoms. The molecule has 0 fully saturated rings. The molecule has 0 atom stereocenters. The van der Waals surface area contributed by atoms with Gasteiger partial charge in [0.1, 0.15) is 10.4 Å². The molecule has 0 radical (unpaired) electrons. The van der Waals surface area contributed by atoms with Gasteiger partial charge in [0.05, 0.1) is 10.4 Å². The molecule has 2 heterocycles. The molecule has 2 aromatic heterocycles. The molecule has 16 heavy (non-hydrogen) atoms. The van der Waals surface area contributed by atoms with E-state index in [9.17, 15) is 4.79 Å². The fourth-order valence-electron chi connectivity index (χ4n) is 1.44. The van der Waals surface area contributed by atoms with Crippen molar-refractivity contribution in [3.05, 3.63) is 23.2 Å². The number of aromatic nitrogens is 1. The first-order valence-corrected chi connectivity index (χ1v) is 5.85. The Hall–Kier alpha value is -1.62. The standard InChI is InChI=1S/C11H13N3OS/c1-6(2)14-11(15)10-8(12)9-7(16-10)4-3-5-13-9/h3-6H,12H2,1-2H3,(H,14,15). The number of fused-ring (bicyclic) bond motifs is 1. The van der Waals surface area contributed by atoms with Crippen LogP contribution in [0.25, 0.3) is 10.2 Å². The molecule has 0 saturated carbocycles. The topological polar surface area (TPSA) is 68.0 Å². The number of pyridine rings is 1. The molecule has 1 amide bonds. The van der Waals surface area contributed by atoms with Crippen LogP contribution in [0.4, 0.5) is 5.69 Å². The molecule has 0 aliphatic rings. The lowest BCUT2D eigenvalue weighted by Crippen LogP contribution is -2.29. The summed E-state index contributed by atoms with van der Waals surface area (Å²) in [5.74, 6) is -0.129. The summed E-state index contributed by atoms with van der Waals surface area (Å²) in [6, 6.07) is 3.85. The maximum absolute atomic E-state index is 11.8. The molecule has 84 valence electrons. The SMILES string of the molecule is CC(C)NC(=O)c1sc2cccnc2c1N. The quantitative estimate of drug-likeness (QED) is 0.836. The summed E-state index contributed by atoms with van der Waals surface area (Å²) in [5.41, 5.74) is 7.08. The zero-order valence-electron chi connectivity index (χ0n) is 9.15. The third-order valence-corrected chi connectivity index (χ3v) is 3.27. The molecule has 3 N–H and O–H groups in total. The molecule has 0 unspecified atom stereocenters. The Morgan fingerprint density at radius 3 is 2.94 bits per heavy atom. The van der Waals surface area contributed by atoms with E-state index >= 15 is 0 Å². The molecular formula is C11H13N3OS. The predicted octanol–water partition coefficient (Wildman–Crippen LogP) is 2.02. The van der Waals surface area contributed by atoms with Crippen LogP contribution >= 0.6 is 11.3 Å². The number of nitrogens with zero attached hydrogens (tertiary/aromatic N) is 1. The van der Waals surface area contributed by atoms with Gasteiger partial charge in [-0.25, -0.2) is 0 Å². The van der Waals surface area contributed by atoms with Gasteiger partial charge >= 0.3 is 0 Å². The number of nitrogen functional groups attached to an aromatic ring is 1. The molecule has 0 saturated heterocycles. The molecule has 0 spiro atoms. The van der Waals surface area contributed by atoms with Gasteiger partial charge in [0, 0.05) is 12.2 Å². The zero-order chi connectivity index (χ0) is 11.7. The molecule has 0 aliphatic carbocycles. The zero-order valence-corrected chi connectivity index (χ0v) is 9.97. The van der Waals surface area contributed by atoms with Gasteiger partial charge in [-0.2, -0.15) is 0 Å².